The predicted molar refractivity (Wildman–Crippen MR) is 135 cm³/mol. The number of nitrogens with zero attached hydrogens (tertiary/aromatic N) is 2. The molecule has 2 aliphatic heterocycles. The van der Waals surface area contributed by atoms with Gasteiger partial charge in [0.15, 0.2) is 0 Å². The molecule has 2 aromatic rings. The van der Waals surface area contributed by atoms with Crippen LogP contribution >= 0.6 is 0 Å². The molecule has 0 aliphatic carbocycles. The van der Waals surface area contributed by atoms with Crippen LogP contribution in [0.5, 0.6) is 5.75 Å². The zero-order valence-electron chi connectivity index (χ0n) is 21.5. The summed E-state index contributed by atoms with van der Waals surface area (Å²) in [6.45, 7) is 7.09. The quantitative estimate of drug-likeness (QED) is 0.691. The Morgan fingerprint density at radius 1 is 1.03 bits per heavy atom. The van der Waals surface area contributed by atoms with Crippen molar-refractivity contribution in [3.63, 3.8) is 0 Å². The van der Waals surface area contributed by atoms with Gasteiger partial charge in [-0.2, -0.15) is 0 Å². The number of methoxy groups -OCH3 is 1. The number of rotatable bonds is 5. The molecule has 2 heterocycles. The van der Waals surface area contributed by atoms with Crippen molar-refractivity contribution in [3.05, 3.63) is 65.7 Å². The Kier molecular flexibility index (Phi) is 7.36. The first-order valence-electron chi connectivity index (χ1n) is 12.4. The summed E-state index contributed by atoms with van der Waals surface area (Å²) in [4.78, 5) is 43.4. The fraction of sp³-hybridized carbons (Fsp3) is 0.464. The zero-order chi connectivity index (χ0) is 25.9. The molecule has 0 radical (unpaired) electrons. The first-order chi connectivity index (χ1) is 17.1. The summed E-state index contributed by atoms with van der Waals surface area (Å²) >= 11 is 0. The maximum absolute atomic E-state index is 13.8. The van der Waals surface area contributed by atoms with Crippen LogP contribution in [0.1, 0.15) is 49.5 Å². The molecule has 1 N–H and O–H groups in total. The lowest BCUT2D eigenvalue weighted by molar-refractivity contribution is -0.150. The highest BCUT2D eigenvalue weighted by Crippen LogP contribution is 2.39. The van der Waals surface area contributed by atoms with E-state index in [9.17, 15) is 14.4 Å². The molecule has 192 valence electrons. The predicted octanol–water partition coefficient (Wildman–Crippen LogP) is 3.22. The largest absolute Gasteiger partial charge is 0.497 e. The van der Waals surface area contributed by atoms with Gasteiger partial charge in [-0.15, -0.1) is 0 Å². The highest BCUT2D eigenvalue weighted by Gasteiger charge is 2.54. The third kappa shape index (κ3) is 5.23. The molecule has 8 nitrogen and oxygen atoms in total. The van der Waals surface area contributed by atoms with E-state index < -0.39 is 17.2 Å². The molecule has 0 bridgehead atoms. The van der Waals surface area contributed by atoms with Gasteiger partial charge in [-0.3, -0.25) is 19.3 Å². The number of benzene rings is 2. The van der Waals surface area contributed by atoms with Crippen LogP contribution in [0.15, 0.2) is 54.6 Å². The summed E-state index contributed by atoms with van der Waals surface area (Å²) < 4.78 is 11.5. The Bertz CT molecular complexity index is 1090. The zero-order valence-corrected chi connectivity index (χ0v) is 21.5. The molecule has 4 rings (SSSR count). The number of carbonyl (C=O) groups excluding carboxylic acids is 3. The van der Waals surface area contributed by atoms with Gasteiger partial charge in [0.05, 0.1) is 13.7 Å². The maximum atomic E-state index is 13.8. The first-order valence-corrected chi connectivity index (χ1v) is 12.4. The van der Waals surface area contributed by atoms with Crippen LogP contribution in [0.25, 0.3) is 0 Å². The molecular formula is C28H35N3O5. The molecule has 0 saturated carbocycles. The second-order valence-corrected chi connectivity index (χ2v) is 10.4. The molecule has 2 aliphatic rings. The van der Waals surface area contributed by atoms with Crippen LogP contribution in [0.4, 0.5) is 0 Å². The molecule has 2 saturated heterocycles. The van der Waals surface area contributed by atoms with Crippen molar-refractivity contribution in [2.45, 2.75) is 51.9 Å². The van der Waals surface area contributed by atoms with E-state index in [0.29, 0.717) is 43.8 Å². The van der Waals surface area contributed by atoms with E-state index in [1.165, 1.54) is 0 Å². The topological polar surface area (TPSA) is 88.2 Å². The molecule has 1 spiro atoms. The Balaban J connectivity index is 1.57. The number of carbonyl (C=O) groups is 3. The van der Waals surface area contributed by atoms with Gasteiger partial charge in [-0.25, -0.2) is 0 Å². The van der Waals surface area contributed by atoms with Crippen molar-refractivity contribution in [3.8, 4) is 5.75 Å². The van der Waals surface area contributed by atoms with E-state index in [0.717, 1.165) is 5.56 Å². The number of hydrogen-bond donors (Lipinski definition) is 1. The molecule has 2 fully saturated rings. The molecule has 1 atom stereocenters. The summed E-state index contributed by atoms with van der Waals surface area (Å²) in [7, 11) is 1.57. The van der Waals surface area contributed by atoms with Crippen LogP contribution in [-0.4, -0.2) is 66.1 Å². The summed E-state index contributed by atoms with van der Waals surface area (Å²) in [6, 6.07) is 15.7. The van der Waals surface area contributed by atoms with Crippen LogP contribution in [0.3, 0.4) is 0 Å². The smallest absolute Gasteiger partial charge is 0.256 e. The molecule has 3 amide bonds. The van der Waals surface area contributed by atoms with Crippen LogP contribution in [-0.2, 0) is 20.9 Å². The van der Waals surface area contributed by atoms with Gasteiger partial charge in [0.25, 0.3) is 5.91 Å². The van der Waals surface area contributed by atoms with Crippen molar-refractivity contribution in [2.75, 3.05) is 26.8 Å². The van der Waals surface area contributed by atoms with Gasteiger partial charge < -0.3 is 19.7 Å². The number of likely N-dealkylation sites (tertiary alicyclic amines) is 1. The minimum Gasteiger partial charge on any atom is -0.497 e. The van der Waals surface area contributed by atoms with Gasteiger partial charge in [0.1, 0.15) is 17.5 Å². The van der Waals surface area contributed by atoms with Gasteiger partial charge in [-0.1, -0.05) is 51.1 Å². The van der Waals surface area contributed by atoms with Crippen molar-refractivity contribution in [1.29, 1.82) is 0 Å². The lowest BCUT2D eigenvalue weighted by Crippen LogP contribution is -2.60. The Hall–Kier alpha value is -3.39. The van der Waals surface area contributed by atoms with Crippen molar-refractivity contribution in [1.82, 2.24) is 15.1 Å². The first kappa shape index (κ1) is 25.7. The maximum Gasteiger partial charge on any atom is 0.256 e. The minimum atomic E-state index is -0.944. The van der Waals surface area contributed by atoms with Crippen molar-refractivity contribution >= 4 is 17.7 Å². The van der Waals surface area contributed by atoms with E-state index in [2.05, 4.69) is 5.32 Å². The normalized spacial score (nSPS) is 19.3. The Morgan fingerprint density at radius 3 is 2.25 bits per heavy atom. The van der Waals surface area contributed by atoms with Gasteiger partial charge >= 0.3 is 0 Å². The average molecular weight is 494 g/mol. The molecule has 8 heteroatoms. The molecule has 2 aromatic carbocycles. The van der Waals surface area contributed by atoms with E-state index >= 15 is 0 Å². The fourth-order valence-electron chi connectivity index (χ4n) is 4.88. The lowest BCUT2D eigenvalue weighted by Gasteiger charge is -2.45. The van der Waals surface area contributed by atoms with E-state index in [1.807, 2.05) is 56.0 Å². The van der Waals surface area contributed by atoms with Crippen LogP contribution in [0, 0.1) is 5.41 Å². The molecular weight excluding hydrogens is 458 g/mol. The van der Waals surface area contributed by atoms with E-state index in [4.69, 9.17) is 9.47 Å². The highest BCUT2D eigenvalue weighted by atomic mass is 16.5. The Morgan fingerprint density at radius 2 is 1.67 bits per heavy atom. The van der Waals surface area contributed by atoms with E-state index in [1.54, 1.807) is 36.3 Å². The standard InChI is InChI=1S/C28H35N3O5/c1-27(2,3)26(34)30-16-14-28(15-17-30)31(25(33)21-10-12-22(35-4)13-11-21)23(19-36-28)24(32)29-18-20-8-6-5-7-9-20/h5-13,23H,14-19H2,1-4H3,(H,29,32). The summed E-state index contributed by atoms with van der Waals surface area (Å²) in [5.41, 5.74) is -0.00355. The van der Waals surface area contributed by atoms with Crippen LogP contribution < -0.4 is 10.1 Å². The Labute approximate surface area is 212 Å². The number of nitrogens with one attached hydrogen (secondary N) is 1. The van der Waals surface area contributed by atoms with Crippen molar-refractivity contribution < 1.29 is 23.9 Å². The number of amides is 3. The van der Waals surface area contributed by atoms with Gasteiger partial charge in [-0.05, 0) is 29.8 Å². The van der Waals surface area contributed by atoms with Crippen LogP contribution in [0.2, 0.25) is 0 Å². The van der Waals surface area contributed by atoms with Gasteiger partial charge in [0, 0.05) is 43.5 Å². The summed E-state index contributed by atoms with van der Waals surface area (Å²) in [5, 5.41) is 2.97. The molecule has 0 aromatic heterocycles. The highest BCUT2D eigenvalue weighted by molar-refractivity contribution is 5.98. The van der Waals surface area contributed by atoms with Crippen molar-refractivity contribution in [2.24, 2.45) is 5.41 Å². The molecule has 36 heavy (non-hydrogen) atoms. The number of piperidine rings is 1. The average Bonchev–Trinajstić information content (AvgIpc) is 3.25. The third-order valence-corrected chi connectivity index (χ3v) is 6.90. The number of ether oxygens (including phenoxy) is 2. The minimum absolute atomic E-state index is 0.0699. The van der Waals surface area contributed by atoms with E-state index in [-0.39, 0.29) is 24.3 Å². The SMILES string of the molecule is COc1ccc(C(=O)N2C(C(=O)NCc3ccccc3)COC23CCN(C(=O)C(C)(C)C)CC3)cc1. The van der Waals surface area contributed by atoms with Gasteiger partial charge in [0.2, 0.25) is 11.8 Å². The summed E-state index contributed by atoms with van der Waals surface area (Å²) in [5.74, 6) is 0.182. The third-order valence-electron chi connectivity index (χ3n) is 6.90. The summed E-state index contributed by atoms with van der Waals surface area (Å²) in [6.07, 6.45) is 0.887. The second kappa shape index (κ2) is 10.3. The number of hydrogen-bond acceptors (Lipinski definition) is 5. The lowest BCUT2D eigenvalue weighted by atomic mass is 9.91. The molecule has 1 unspecified atom stereocenters. The monoisotopic (exact) mass is 493 g/mol. The fourth-order valence-corrected chi connectivity index (χ4v) is 4.88. The second-order valence-electron chi connectivity index (χ2n) is 10.4.